The number of methoxy groups -OCH3 is 1. The Balaban J connectivity index is 1.57. The number of amides is 2. The Hall–Kier alpha value is -2.53. The molecule has 154 valence electrons. The van der Waals surface area contributed by atoms with E-state index in [2.05, 4.69) is 59.2 Å². The maximum atomic E-state index is 12.9. The fourth-order valence-electron chi connectivity index (χ4n) is 5.07. The van der Waals surface area contributed by atoms with Crippen molar-refractivity contribution in [3.05, 3.63) is 65.2 Å². The zero-order valence-electron chi connectivity index (χ0n) is 17.8. The van der Waals surface area contributed by atoms with Crippen molar-refractivity contribution in [3.63, 3.8) is 0 Å². The molecule has 0 aliphatic carbocycles. The van der Waals surface area contributed by atoms with Crippen molar-refractivity contribution in [2.24, 2.45) is 11.8 Å². The minimum absolute atomic E-state index is 0.118. The lowest BCUT2D eigenvalue weighted by molar-refractivity contribution is 0.151. The summed E-state index contributed by atoms with van der Waals surface area (Å²) >= 11 is 0. The fraction of sp³-hybridized carbons (Fsp3) is 0.458. The van der Waals surface area contributed by atoms with E-state index < -0.39 is 0 Å². The minimum atomic E-state index is 0.118. The molecule has 2 heterocycles. The van der Waals surface area contributed by atoms with E-state index in [-0.39, 0.29) is 12.1 Å². The summed E-state index contributed by atoms with van der Waals surface area (Å²) in [5.41, 5.74) is 3.83. The molecule has 3 atom stereocenters. The van der Waals surface area contributed by atoms with Crippen molar-refractivity contribution in [1.29, 1.82) is 0 Å². The number of likely N-dealkylation sites (tertiary alicyclic amines) is 2. The van der Waals surface area contributed by atoms with Crippen LogP contribution >= 0.6 is 0 Å². The van der Waals surface area contributed by atoms with E-state index in [4.69, 9.17) is 4.74 Å². The Morgan fingerprint density at radius 2 is 1.90 bits per heavy atom. The summed E-state index contributed by atoms with van der Waals surface area (Å²) in [5.74, 6) is 1.88. The smallest absolute Gasteiger partial charge is 0.320 e. The van der Waals surface area contributed by atoms with Gasteiger partial charge in [0.05, 0.1) is 13.2 Å². The van der Waals surface area contributed by atoms with Crippen LogP contribution in [0.4, 0.5) is 4.79 Å². The molecular formula is C24H31N3O2. The second-order valence-corrected chi connectivity index (χ2v) is 8.60. The van der Waals surface area contributed by atoms with Crippen LogP contribution in [0.5, 0.6) is 5.75 Å². The first-order valence-electron chi connectivity index (χ1n) is 10.4. The first-order valence-corrected chi connectivity index (χ1v) is 10.4. The topological polar surface area (TPSA) is 36.0 Å². The third-order valence-corrected chi connectivity index (χ3v) is 6.42. The Kier molecular flexibility index (Phi) is 5.50. The van der Waals surface area contributed by atoms with Crippen LogP contribution in [0.1, 0.15) is 22.7 Å². The van der Waals surface area contributed by atoms with Gasteiger partial charge in [-0.15, -0.1) is 0 Å². The number of fused-ring (bicyclic) bond motifs is 1. The van der Waals surface area contributed by atoms with Crippen molar-refractivity contribution in [1.82, 2.24) is 14.7 Å². The number of benzene rings is 2. The molecule has 2 aromatic carbocycles. The van der Waals surface area contributed by atoms with E-state index in [1.807, 2.05) is 20.2 Å². The van der Waals surface area contributed by atoms with Crippen LogP contribution in [0.2, 0.25) is 0 Å². The number of hydrogen-bond donors (Lipinski definition) is 0. The molecule has 0 N–H and O–H groups in total. The number of urea groups is 1. The van der Waals surface area contributed by atoms with Crippen molar-refractivity contribution in [3.8, 4) is 5.75 Å². The van der Waals surface area contributed by atoms with Gasteiger partial charge in [-0.05, 0) is 41.7 Å². The fourth-order valence-corrected chi connectivity index (χ4v) is 5.07. The highest BCUT2D eigenvalue weighted by Crippen LogP contribution is 2.46. The summed E-state index contributed by atoms with van der Waals surface area (Å²) in [7, 11) is 5.41. The quantitative estimate of drug-likeness (QED) is 0.793. The van der Waals surface area contributed by atoms with Gasteiger partial charge in [-0.2, -0.15) is 0 Å². The van der Waals surface area contributed by atoms with Crippen LogP contribution in [0, 0.1) is 18.8 Å². The van der Waals surface area contributed by atoms with E-state index in [0.717, 1.165) is 31.9 Å². The SMILES string of the molecule is COc1cccc(CN2C[C@@H]3CN(C(=O)N(C)C)[C@@H](c4ccccc4C)[C@@H]3C2)c1. The summed E-state index contributed by atoms with van der Waals surface area (Å²) < 4.78 is 5.38. The van der Waals surface area contributed by atoms with Gasteiger partial charge in [-0.25, -0.2) is 4.79 Å². The number of hydrogen-bond acceptors (Lipinski definition) is 3. The van der Waals surface area contributed by atoms with Gasteiger partial charge in [-0.1, -0.05) is 36.4 Å². The molecule has 4 rings (SSSR count). The van der Waals surface area contributed by atoms with Crippen molar-refractivity contribution in [2.45, 2.75) is 19.5 Å². The molecule has 0 bridgehead atoms. The Bertz CT molecular complexity index is 882. The summed E-state index contributed by atoms with van der Waals surface area (Å²) in [5, 5.41) is 0. The monoisotopic (exact) mass is 393 g/mol. The average Bonchev–Trinajstić information content (AvgIpc) is 3.25. The van der Waals surface area contributed by atoms with E-state index in [1.54, 1.807) is 12.0 Å². The maximum absolute atomic E-state index is 12.9. The van der Waals surface area contributed by atoms with Crippen molar-refractivity contribution in [2.75, 3.05) is 40.8 Å². The molecule has 2 aliphatic heterocycles. The van der Waals surface area contributed by atoms with Crippen molar-refractivity contribution < 1.29 is 9.53 Å². The Morgan fingerprint density at radius 3 is 2.62 bits per heavy atom. The first-order chi connectivity index (χ1) is 14.0. The Labute approximate surface area is 173 Å². The highest BCUT2D eigenvalue weighted by atomic mass is 16.5. The molecule has 5 nitrogen and oxygen atoms in total. The molecule has 0 spiro atoms. The van der Waals surface area contributed by atoms with E-state index in [0.29, 0.717) is 11.8 Å². The first kappa shape index (κ1) is 19.8. The minimum Gasteiger partial charge on any atom is -0.497 e. The molecule has 5 heteroatoms. The van der Waals surface area contributed by atoms with Gasteiger partial charge in [0.1, 0.15) is 5.75 Å². The predicted molar refractivity (Wildman–Crippen MR) is 115 cm³/mol. The molecular weight excluding hydrogens is 362 g/mol. The zero-order chi connectivity index (χ0) is 20.5. The number of ether oxygens (including phenoxy) is 1. The lowest BCUT2D eigenvalue weighted by Crippen LogP contribution is -2.41. The zero-order valence-corrected chi connectivity index (χ0v) is 17.8. The van der Waals surface area contributed by atoms with Gasteiger partial charge in [0.2, 0.25) is 0 Å². The molecule has 0 radical (unpaired) electrons. The highest BCUT2D eigenvalue weighted by Gasteiger charge is 2.49. The molecule has 2 aromatic rings. The molecule has 2 amide bonds. The van der Waals surface area contributed by atoms with Gasteiger partial charge in [0, 0.05) is 46.2 Å². The summed E-state index contributed by atoms with van der Waals surface area (Å²) in [4.78, 5) is 19.3. The van der Waals surface area contributed by atoms with Gasteiger partial charge in [0.25, 0.3) is 0 Å². The number of rotatable bonds is 4. The van der Waals surface area contributed by atoms with Crippen LogP contribution in [-0.2, 0) is 6.54 Å². The second kappa shape index (κ2) is 8.07. The van der Waals surface area contributed by atoms with Crippen LogP contribution in [0.25, 0.3) is 0 Å². The van der Waals surface area contributed by atoms with Gasteiger partial charge >= 0.3 is 6.03 Å². The molecule has 0 aromatic heterocycles. The van der Waals surface area contributed by atoms with Crippen LogP contribution in [0.3, 0.4) is 0 Å². The number of carbonyl (C=O) groups excluding carboxylic acids is 1. The van der Waals surface area contributed by atoms with Crippen molar-refractivity contribution >= 4 is 6.03 Å². The van der Waals surface area contributed by atoms with E-state index >= 15 is 0 Å². The summed E-state index contributed by atoms with van der Waals surface area (Å²) in [6, 6.07) is 17.1. The van der Waals surface area contributed by atoms with E-state index in [9.17, 15) is 4.79 Å². The van der Waals surface area contributed by atoms with E-state index in [1.165, 1.54) is 16.7 Å². The number of carbonyl (C=O) groups is 1. The maximum Gasteiger partial charge on any atom is 0.320 e. The number of nitrogens with zero attached hydrogens (tertiary/aromatic N) is 3. The predicted octanol–water partition coefficient (Wildman–Crippen LogP) is 3.79. The van der Waals surface area contributed by atoms with Gasteiger partial charge in [0.15, 0.2) is 0 Å². The lowest BCUT2D eigenvalue weighted by atomic mass is 9.88. The molecule has 0 saturated carbocycles. The lowest BCUT2D eigenvalue weighted by Gasteiger charge is -2.32. The standard InChI is InChI=1S/C24H31N3O2/c1-17-8-5-6-11-21(17)23-22-16-26(13-18-9-7-10-20(12-18)29-4)14-19(22)15-27(23)24(28)25(2)3/h5-12,19,22-23H,13-16H2,1-4H3/t19-,22-,23+/m1/s1. The van der Waals surface area contributed by atoms with Crippen LogP contribution in [-0.4, -0.2) is 61.6 Å². The number of aryl methyl sites for hydroxylation is 1. The van der Waals surface area contributed by atoms with Crippen LogP contribution in [0.15, 0.2) is 48.5 Å². The largest absolute Gasteiger partial charge is 0.497 e. The molecule has 0 unspecified atom stereocenters. The molecule has 2 fully saturated rings. The highest BCUT2D eigenvalue weighted by molar-refractivity contribution is 5.75. The molecule has 2 aliphatic rings. The summed E-state index contributed by atoms with van der Waals surface area (Å²) in [6.45, 7) is 5.95. The summed E-state index contributed by atoms with van der Waals surface area (Å²) in [6.07, 6.45) is 0. The third kappa shape index (κ3) is 3.84. The molecule has 2 saturated heterocycles. The van der Waals surface area contributed by atoms with Gasteiger partial charge < -0.3 is 14.5 Å². The Morgan fingerprint density at radius 1 is 1.10 bits per heavy atom. The third-order valence-electron chi connectivity index (χ3n) is 6.42. The van der Waals surface area contributed by atoms with Gasteiger partial charge in [-0.3, -0.25) is 4.90 Å². The van der Waals surface area contributed by atoms with Crippen LogP contribution < -0.4 is 4.74 Å². The second-order valence-electron chi connectivity index (χ2n) is 8.60. The normalized spacial score (nSPS) is 23.9. The molecule has 29 heavy (non-hydrogen) atoms. The average molecular weight is 394 g/mol.